The molecule has 0 amide bonds. The predicted molar refractivity (Wildman–Crippen MR) is 49.0 cm³/mol. The topological polar surface area (TPSA) is 12.0 Å². The van der Waals surface area contributed by atoms with Crippen LogP contribution in [0.4, 0.5) is 13.2 Å². The van der Waals surface area contributed by atoms with Gasteiger partial charge in [-0.05, 0) is 42.2 Å². The largest absolute Gasteiger partial charge is 0.334 e. The summed E-state index contributed by atoms with van der Waals surface area (Å²) in [5, 5.41) is 2.92. The van der Waals surface area contributed by atoms with Crippen molar-refractivity contribution < 1.29 is 13.2 Å². The Morgan fingerprint density at radius 2 is 2.00 bits per heavy atom. The number of hydrogen-bond acceptors (Lipinski definition) is 1. The van der Waals surface area contributed by atoms with Gasteiger partial charge in [0.05, 0.1) is 0 Å². The van der Waals surface area contributed by atoms with Gasteiger partial charge in [-0.2, -0.15) is 8.78 Å². The molecule has 1 N–H and O–H groups in total. The normalized spacial score (nSPS) is 29.8. The van der Waals surface area contributed by atoms with Gasteiger partial charge in [0.2, 0.25) is 0 Å². The predicted octanol–water partition coefficient (Wildman–Crippen LogP) is 2.70. The Bertz CT molecular complexity index is 173. The van der Waals surface area contributed by atoms with Gasteiger partial charge in [0.1, 0.15) is 0 Å². The molecule has 1 aliphatic heterocycles. The first-order chi connectivity index (χ1) is 5.86. The molecule has 0 aromatic carbocycles. The highest BCUT2D eigenvalue weighted by Gasteiger charge is 2.54. The maximum atomic E-state index is 13.6. The minimum absolute atomic E-state index is 0.328. The highest BCUT2D eigenvalue weighted by atomic mass is 79.9. The van der Waals surface area contributed by atoms with E-state index in [4.69, 9.17) is 0 Å². The van der Waals surface area contributed by atoms with Gasteiger partial charge in [-0.3, -0.25) is 0 Å². The van der Waals surface area contributed by atoms with E-state index in [9.17, 15) is 13.2 Å². The molecule has 0 bridgehead atoms. The molecule has 1 heterocycles. The molecule has 13 heavy (non-hydrogen) atoms. The fourth-order valence-electron chi connectivity index (χ4n) is 1.55. The Labute approximate surface area is 84.2 Å². The van der Waals surface area contributed by atoms with Crippen molar-refractivity contribution in [3.63, 3.8) is 0 Å². The van der Waals surface area contributed by atoms with Crippen LogP contribution in [0.15, 0.2) is 0 Å². The lowest BCUT2D eigenvalue weighted by Gasteiger charge is -2.36. The van der Waals surface area contributed by atoms with E-state index >= 15 is 0 Å². The average molecular weight is 260 g/mol. The van der Waals surface area contributed by atoms with Gasteiger partial charge in [-0.25, -0.2) is 4.39 Å². The van der Waals surface area contributed by atoms with Crippen molar-refractivity contribution >= 4 is 15.9 Å². The van der Waals surface area contributed by atoms with E-state index in [0.29, 0.717) is 13.0 Å². The summed E-state index contributed by atoms with van der Waals surface area (Å²) in [6.07, 6.45) is 1.27. The molecule has 1 nitrogen and oxygen atoms in total. The molecule has 0 saturated carbocycles. The molecule has 0 aromatic rings. The molecule has 0 aromatic heterocycles. The zero-order valence-electron chi connectivity index (χ0n) is 7.42. The molecule has 78 valence electrons. The van der Waals surface area contributed by atoms with Crippen LogP contribution in [-0.4, -0.2) is 23.6 Å². The van der Waals surface area contributed by atoms with Crippen LogP contribution >= 0.6 is 15.9 Å². The second kappa shape index (κ2) is 3.77. The smallest absolute Gasteiger partial charge is 0.316 e. The van der Waals surface area contributed by atoms with Gasteiger partial charge in [0.25, 0.3) is 0 Å². The van der Waals surface area contributed by atoms with Crippen LogP contribution < -0.4 is 5.32 Å². The quantitative estimate of drug-likeness (QED) is 0.753. The lowest BCUT2D eigenvalue weighted by atomic mass is 9.85. The highest BCUT2D eigenvalue weighted by Crippen LogP contribution is 2.44. The SMILES string of the molecule is CC(F)(C1CCCNC1)C(F)(F)Br. The molecule has 1 fully saturated rings. The van der Waals surface area contributed by atoms with E-state index < -0.39 is 16.4 Å². The Hall–Kier alpha value is 0.230. The van der Waals surface area contributed by atoms with Crippen LogP contribution in [-0.2, 0) is 0 Å². The number of rotatable bonds is 2. The average Bonchev–Trinajstić information content (AvgIpc) is 2.04. The first kappa shape index (κ1) is 11.3. The Morgan fingerprint density at radius 3 is 2.38 bits per heavy atom. The summed E-state index contributed by atoms with van der Waals surface area (Å²) in [6.45, 7) is 2.08. The van der Waals surface area contributed by atoms with E-state index in [2.05, 4.69) is 21.2 Å². The third-order valence-corrected chi connectivity index (χ3v) is 3.39. The third-order valence-electron chi connectivity index (χ3n) is 2.62. The van der Waals surface area contributed by atoms with Gasteiger partial charge in [-0.1, -0.05) is 0 Å². The van der Waals surface area contributed by atoms with Crippen molar-refractivity contribution in [3.05, 3.63) is 0 Å². The van der Waals surface area contributed by atoms with Gasteiger partial charge in [-0.15, -0.1) is 0 Å². The molecule has 2 atom stereocenters. The zero-order chi connectivity index (χ0) is 10.1. The molecule has 0 spiro atoms. The van der Waals surface area contributed by atoms with Crippen LogP contribution in [0.2, 0.25) is 0 Å². The summed E-state index contributed by atoms with van der Waals surface area (Å²) < 4.78 is 39.2. The summed E-state index contributed by atoms with van der Waals surface area (Å²) in [5.74, 6) is -0.615. The summed E-state index contributed by atoms with van der Waals surface area (Å²) >= 11 is 2.10. The number of nitrogens with one attached hydrogen (secondary N) is 1. The number of halogens is 4. The summed E-state index contributed by atoms with van der Waals surface area (Å²) in [5.41, 5.74) is -2.47. The zero-order valence-corrected chi connectivity index (χ0v) is 9.00. The van der Waals surface area contributed by atoms with Crippen LogP contribution in [0.5, 0.6) is 0 Å². The molecule has 2 unspecified atom stereocenters. The highest BCUT2D eigenvalue weighted by molar-refractivity contribution is 9.10. The lowest BCUT2D eigenvalue weighted by molar-refractivity contribution is -0.0871. The van der Waals surface area contributed by atoms with E-state index in [-0.39, 0.29) is 0 Å². The maximum Gasteiger partial charge on any atom is 0.334 e. The lowest BCUT2D eigenvalue weighted by Crippen LogP contribution is -2.49. The minimum atomic E-state index is -3.44. The van der Waals surface area contributed by atoms with Crippen LogP contribution in [0.1, 0.15) is 19.8 Å². The standard InChI is InChI=1S/C8H13BrF3N/c1-7(10,8(9,11)12)6-3-2-4-13-5-6/h6,13H,2-5H2,1H3. The number of piperidine rings is 1. The fourth-order valence-corrected chi connectivity index (χ4v) is 1.87. The van der Waals surface area contributed by atoms with E-state index in [1.165, 1.54) is 0 Å². The summed E-state index contributed by atoms with van der Waals surface area (Å²) in [7, 11) is 0. The van der Waals surface area contributed by atoms with Crippen LogP contribution in [0.25, 0.3) is 0 Å². The minimum Gasteiger partial charge on any atom is -0.316 e. The fraction of sp³-hybridized carbons (Fsp3) is 1.00. The van der Waals surface area contributed by atoms with Crippen molar-refractivity contribution in [2.75, 3.05) is 13.1 Å². The van der Waals surface area contributed by atoms with Crippen LogP contribution in [0.3, 0.4) is 0 Å². The Morgan fingerprint density at radius 1 is 1.38 bits per heavy atom. The van der Waals surface area contributed by atoms with Crippen molar-refractivity contribution in [2.45, 2.75) is 30.3 Å². The second-order valence-electron chi connectivity index (χ2n) is 3.62. The molecule has 0 radical (unpaired) electrons. The van der Waals surface area contributed by atoms with Gasteiger partial charge < -0.3 is 5.32 Å². The van der Waals surface area contributed by atoms with Crippen LogP contribution in [0, 0.1) is 5.92 Å². The molecule has 0 aliphatic carbocycles. The molecule has 1 rings (SSSR count). The molecule has 1 aliphatic rings. The summed E-state index contributed by atoms with van der Waals surface area (Å²) in [4.78, 5) is -3.44. The Kier molecular flexibility index (Phi) is 3.28. The maximum absolute atomic E-state index is 13.6. The molecular formula is C8H13BrF3N. The number of alkyl halides is 4. The van der Waals surface area contributed by atoms with Gasteiger partial charge >= 0.3 is 4.83 Å². The molecular weight excluding hydrogens is 247 g/mol. The first-order valence-electron chi connectivity index (χ1n) is 4.32. The molecule has 1 saturated heterocycles. The van der Waals surface area contributed by atoms with Crippen molar-refractivity contribution in [3.8, 4) is 0 Å². The monoisotopic (exact) mass is 259 g/mol. The van der Waals surface area contributed by atoms with E-state index in [0.717, 1.165) is 19.9 Å². The Balaban J connectivity index is 2.67. The second-order valence-corrected chi connectivity index (χ2v) is 4.61. The van der Waals surface area contributed by atoms with E-state index in [1.807, 2.05) is 0 Å². The third kappa shape index (κ3) is 2.37. The number of hydrogen-bond donors (Lipinski definition) is 1. The van der Waals surface area contributed by atoms with E-state index in [1.54, 1.807) is 0 Å². The first-order valence-corrected chi connectivity index (χ1v) is 5.11. The van der Waals surface area contributed by atoms with Gasteiger partial charge in [0.15, 0.2) is 5.67 Å². The van der Waals surface area contributed by atoms with Crippen molar-refractivity contribution in [2.24, 2.45) is 5.92 Å². The molecule has 5 heteroatoms. The summed E-state index contributed by atoms with van der Waals surface area (Å²) in [6, 6.07) is 0. The van der Waals surface area contributed by atoms with Crippen molar-refractivity contribution in [1.82, 2.24) is 5.32 Å². The van der Waals surface area contributed by atoms with Gasteiger partial charge in [0, 0.05) is 12.5 Å². The van der Waals surface area contributed by atoms with Crippen molar-refractivity contribution in [1.29, 1.82) is 0 Å².